The maximum atomic E-state index is 12.1. The van der Waals surface area contributed by atoms with Crippen LogP contribution in [-0.4, -0.2) is 18.7 Å². The smallest absolute Gasteiger partial charge is 0.244 e. The molecule has 0 bridgehead atoms. The molecule has 0 aliphatic rings. The Morgan fingerprint density at radius 1 is 0.879 bits per heavy atom. The van der Waals surface area contributed by atoms with E-state index in [1.54, 1.807) is 6.21 Å². The van der Waals surface area contributed by atoms with E-state index in [1.807, 2.05) is 73.7 Å². The standard InChI is InChI=1S/C28H26N2O3/c1-2-32-27-17-22(19-29-30-28(31)18-21-9-4-3-5-10-21)15-16-26(27)33-20-24-13-8-12-23-11-6-7-14-25(23)24/h3-17,19H,2,18,20H2,1H3,(H,30,31). The summed E-state index contributed by atoms with van der Waals surface area (Å²) in [6, 6.07) is 29.6. The number of amides is 1. The number of carbonyl (C=O) groups excluding carboxylic acids is 1. The summed E-state index contributed by atoms with van der Waals surface area (Å²) in [5.74, 6) is 1.13. The Hall–Kier alpha value is -4.12. The van der Waals surface area contributed by atoms with E-state index < -0.39 is 0 Å². The van der Waals surface area contributed by atoms with Gasteiger partial charge in [-0.1, -0.05) is 72.8 Å². The Labute approximate surface area is 193 Å². The highest BCUT2D eigenvalue weighted by atomic mass is 16.5. The number of nitrogens with one attached hydrogen (secondary N) is 1. The van der Waals surface area contributed by atoms with Crippen LogP contribution in [0.3, 0.4) is 0 Å². The lowest BCUT2D eigenvalue weighted by atomic mass is 10.1. The van der Waals surface area contributed by atoms with Crippen LogP contribution in [0.25, 0.3) is 10.8 Å². The van der Waals surface area contributed by atoms with E-state index in [4.69, 9.17) is 9.47 Å². The van der Waals surface area contributed by atoms with Crippen molar-refractivity contribution in [2.24, 2.45) is 5.10 Å². The fourth-order valence-electron chi connectivity index (χ4n) is 3.57. The highest BCUT2D eigenvalue weighted by Crippen LogP contribution is 2.30. The van der Waals surface area contributed by atoms with Gasteiger partial charge in [0.25, 0.3) is 0 Å². The SMILES string of the molecule is CCOc1cc(C=NNC(=O)Cc2ccccc2)ccc1OCc1cccc2ccccc12. The predicted octanol–water partition coefficient (Wildman–Crippen LogP) is 5.51. The number of hydrogen-bond donors (Lipinski definition) is 1. The number of benzene rings is 4. The number of nitrogens with zero attached hydrogens (tertiary/aromatic N) is 1. The molecule has 0 aliphatic heterocycles. The third-order valence-corrected chi connectivity index (χ3v) is 5.14. The first-order chi connectivity index (χ1) is 16.2. The quantitative estimate of drug-likeness (QED) is 0.277. The van der Waals surface area contributed by atoms with Crippen LogP contribution in [0.5, 0.6) is 11.5 Å². The Morgan fingerprint density at radius 2 is 1.67 bits per heavy atom. The monoisotopic (exact) mass is 438 g/mol. The van der Waals surface area contributed by atoms with Gasteiger partial charge in [0, 0.05) is 0 Å². The van der Waals surface area contributed by atoms with Crippen LogP contribution < -0.4 is 14.9 Å². The minimum atomic E-state index is -0.169. The zero-order chi connectivity index (χ0) is 22.9. The summed E-state index contributed by atoms with van der Waals surface area (Å²) in [7, 11) is 0. The van der Waals surface area contributed by atoms with E-state index in [0.29, 0.717) is 24.7 Å². The first-order valence-electron chi connectivity index (χ1n) is 10.9. The van der Waals surface area contributed by atoms with E-state index in [0.717, 1.165) is 16.7 Å². The first-order valence-corrected chi connectivity index (χ1v) is 10.9. The Kier molecular flexibility index (Phi) is 7.33. The van der Waals surface area contributed by atoms with Gasteiger partial charge >= 0.3 is 0 Å². The molecule has 1 amide bonds. The van der Waals surface area contributed by atoms with Crippen LogP contribution in [0, 0.1) is 0 Å². The molecule has 166 valence electrons. The van der Waals surface area contributed by atoms with Crippen LogP contribution >= 0.6 is 0 Å². The fraction of sp³-hybridized carbons (Fsp3) is 0.143. The summed E-state index contributed by atoms with van der Waals surface area (Å²) in [5.41, 5.74) is 5.42. The maximum absolute atomic E-state index is 12.1. The van der Waals surface area contributed by atoms with Crippen LogP contribution in [0.2, 0.25) is 0 Å². The van der Waals surface area contributed by atoms with Crippen LogP contribution in [-0.2, 0) is 17.8 Å². The van der Waals surface area contributed by atoms with Gasteiger partial charge in [0.2, 0.25) is 5.91 Å². The summed E-state index contributed by atoms with van der Waals surface area (Å²) in [6.07, 6.45) is 1.88. The van der Waals surface area contributed by atoms with Crippen molar-refractivity contribution < 1.29 is 14.3 Å². The summed E-state index contributed by atoms with van der Waals surface area (Å²) in [4.78, 5) is 12.1. The van der Waals surface area contributed by atoms with Crippen molar-refractivity contribution in [1.29, 1.82) is 0 Å². The number of hydrazone groups is 1. The molecule has 0 aromatic heterocycles. The Morgan fingerprint density at radius 3 is 2.52 bits per heavy atom. The topological polar surface area (TPSA) is 59.9 Å². The molecule has 0 atom stereocenters. The summed E-state index contributed by atoms with van der Waals surface area (Å²) in [5, 5.41) is 6.43. The Bertz CT molecular complexity index is 1250. The van der Waals surface area contributed by atoms with E-state index in [1.165, 1.54) is 10.8 Å². The number of rotatable bonds is 9. The molecule has 0 radical (unpaired) electrons. The molecule has 33 heavy (non-hydrogen) atoms. The number of fused-ring (bicyclic) bond motifs is 1. The molecule has 0 heterocycles. The van der Waals surface area contributed by atoms with Crippen LogP contribution in [0.1, 0.15) is 23.6 Å². The highest BCUT2D eigenvalue weighted by Gasteiger charge is 2.08. The van der Waals surface area contributed by atoms with Gasteiger partial charge in [-0.25, -0.2) is 5.43 Å². The average molecular weight is 439 g/mol. The molecule has 4 aromatic rings. The second-order valence-electron chi connectivity index (χ2n) is 7.52. The highest BCUT2D eigenvalue weighted by molar-refractivity contribution is 5.86. The van der Waals surface area contributed by atoms with Crippen molar-refractivity contribution in [3.63, 3.8) is 0 Å². The lowest BCUT2D eigenvalue weighted by Gasteiger charge is -2.13. The Balaban J connectivity index is 1.41. The molecule has 4 rings (SSSR count). The van der Waals surface area contributed by atoms with Crippen molar-refractivity contribution in [3.05, 3.63) is 108 Å². The zero-order valence-electron chi connectivity index (χ0n) is 18.5. The lowest BCUT2D eigenvalue weighted by Crippen LogP contribution is -2.19. The summed E-state index contributed by atoms with van der Waals surface area (Å²) < 4.78 is 11.9. The second-order valence-corrected chi connectivity index (χ2v) is 7.52. The molecule has 0 spiro atoms. The number of carbonyl (C=O) groups is 1. The minimum absolute atomic E-state index is 0.169. The van der Waals surface area contributed by atoms with E-state index in [2.05, 4.69) is 34.8 Å². The molecular formula is C28H26N2O3. The molecule has 0 fully saturated rings. The van der Waals surface area contributed by atoms with E-state index in [9.17, 15) is 4.79 Å². The van der Waals surface area contributed by atoms with Gasteiger partial charge in [-0.05, 0) is 52.6 Å². The van der Waals surface area contributed by atoms with Crippen molar-refractivity contribution in [2.75, 3.05) is 6.61 Å². The van der Waals surface area contributed by atoms with Gasteiger partial charge in [-0.3, -0.25) is 4.79 Å². The van der Waals surface area contributed by atoms with Gasteiger partial charge in [0.1, 0.15) is 6.61 Å². The largest absolute Gasteiger partial charge is 0.490 e. The zero-order valence-corrected chi connectivity index (χ0v) is 18.5. The number of hydrogen-bond acceptors (Lipinski definition) is 4. The first kappa shape index (κ1) is 22.1. The molecule has 4 aromatic carbocycles. The molecule has 0 aliphatic carbocycles. The number of ether oxygens (including phenoxy) is 2. The van der Waals surface area contributed by atoms with Gasteiger partial charge in [-0.2, -0.15) is 5.10 Å². The third kappa shape index (κ3) is 5.98. The predicted molar refractivity (Wildman–Crippen MR) is 132 cm³/mol. The van der Waals surface area contributed by atoms with Crippen molar-refractivity contribution in [1.82, 2.24) is 5.43 Å². The van der Waals surface area contributed by atoms with Crippen molar-refractivity contribution in [3.8, 4) is 11.5 Å². The van der Waals surface area contributed by atoms with Crippen molar-refractivity contribution in [2.45, 2.75) is 20.0 Å². The van der Waals surface area contributed by atoms with Gasteiger partial charge in [0.05, 0.1) is 19.2 Å². The van der Waals surface area contributed by atoms with Gasteiger partial charge in [0.15, 0.2) is 11.5 Å². The normalized spacial score (nSPS) is 10.9. The van der Waals surface area contributed by atoms with Crippen LogP contribution in [0.4, 0.5) is 0 Å². The fourth-order valence-corrected chi connectivity index (χ4v) is 3.57. The minimum Gasteiger partial charge on any atom is -0.490 e. The molecule has 0 unspecified atom stereocenters. The van der Waals surface area contributed by atoms with E-state index in [-0.39, 0.29) is 12.3 Å². The maximum Gasteiger partial charge on any atom is 0.244 e. The summed E-state index contributed by atoms with van der Waals surface area (Å²) >= 11 is 0. The molecule has 1 N–H and O–H groups in total. The third-order valence-electron chi connectivity index (χ3n) is 5.14. The van der Waals surface area contributed by atoms with Gasteiger partial charge < -0.3 is 9.47 Å². The van der Waals surface area contributed by atoms with Gasteiger partial charge in [-0.15, -0.1) is 0 Å². The lowest BCUT2D eigenvalue weighted by molar-refractivity contribution is -0.120. The summed E-state index contributed by atoms with van der Waals surface area (Å²) in [6.45, 7) is 2.88. The molecular weight excluding hydrogens is 412 g/mol. The van der Waals surface area contributed by atoms with Crippen LogP contribution in [0.15, 0.2) is 96.1 Å². The second kappa shape index (κ2) is 11.0. The molecule has 5 nitrogen and oxygen atoms in total. The molecule has 0 saturated carbocycles. The molecule has 5 heteroatoms. The molecule has 0 saturated heterocycles. The van der Waals surface area contributed by atoms with Crippen molar-refractivity contribution >= 4 is 22.9 Å². The van der Waals surface area contributed by atoms with E-state index >= 15 is 0 Å². The average Bonchev–Trinajstić information content (AvgIpc) is 2.84.